The molecule has 0 aliphatic carbocycles. The van der Waals surface area contributed by atoms with E-state index in [-0.39, 0.29) is 11.9 Å². The highest BCUT2D eigenvalue weighted by molar-refractivity contribution is 7.99. The van der Waals surface area contributed by atoms with Gasteiger partial charge in [-0.15, -0.1) is 0 Å². The van der Waals surface area contributed by atoms with Crippen molar-refractivity contribution in [3.05, 3.63) is 58.6 Å². The Balaban J connectivity index is 1.58. The van der Waals surface area contributed by atoms with Crippen LogP contribution in [0.25, 0.3) is 11.0 Å². The Morgan fingerprint density at radius 3 is 2.96 bits per heavy atom. The van der Waals surface area contributed by atoms with Crippen molar-refractivity contribution >= 4 is 40.3 Å². The molecule has 124 valence electrons. The second kappa shape index (κ2) is 7.28. The van der Waals surface area contributed by atoms with Crippen molar-refractivity contribution in [1.82, 2.24) is 15.3 Å². The molecule has 0 aliphatic heterocycles. The number of benzene rings is 2. The smallest absolute Gasteiger partial charge is 0.230 e. The number of carbonyl (C=O) groups excluding carboxylic acids is 1. The van der Waals surface area contributed by atoms with Crippen LogP contribution in [0.3, 0.4) is 0 Å². The summed E-state index contributed by atoms with van der Waals surface area (Å²) in [5.41, 5.74) is 4.07. The maximum absolute atomic E-state index is 12.1. The molecule has 2 N–H and O–H groups in total. The summed E-state index contributed by atoms with van der Waals surface area (Å²) in [4.78, 5) is 19.9. The minimum absolute atomic E-state index is 0.0379. The molecular formula is C18H18ClN3OS. The molecule has 0 unspecified atom stereocenters. The van der Waals surface area contributed by atoms with Crippen LogP contribution in [0.2, 0.25) is 5.02 Å². The van der Waals surface area contributed by atoms with Crippen molar-refractivity contribution in [2.45, 2.75) is 25.0 Å². The topological polar surface area (TPSA) is 57.8 Å². The lowest BCUT2D eigenvalue weighted by molar-refractivity contribution is -0.119. The number of nitrogens with zero attached hydrogens (tertiary/aromatic N) is 1. The van der Waals surface area contributed by atoms with E-state index in [0.29, 0.717) is 10.8 Å². The quantitative estimate of drug-likeness (QED) is 0.660. The molecule has 0 spiro atoms. The molecule has 0 saturated heterocycles. The van der Waals surface area contributed by atoms with Gasteiger partial charge < -0.3 is 10.3 Å². The fraction of sp³-hybridized carbons (Fsp3) is 0.222. The van der Waals surface area contributed by atoms with Gasteiger partial charge in [0.15, 0.2) is 5.16 Å². The molecule has 0 fully saturated rings. The minimum Gasteiger partial charge on any atom is -0.349 e. The number of aromatic amines is 1. The summed E-state index contributed by atoms with van der Waals surface area (Å²) in [6.07, 6.45) is 0. The predicted octanol–water partition coefficient (Wildman–Crippen LogP) is 4.49. The van der Waals surface area contributed by atoms with Crippen LogP contribution in [0.15, 0.2) is 47.6 Å². The Morgan fingerprint density at radius 2 is 2.17 bits per heavy atom. The Kier molecular flexibility index (Phi) is 5.11. The van der Waals surface area contributed by atoms with Crippen LogP contribution >= 0.6 is 23.4 Å². The van der Waals surface area contributed by atoms with E-state index in [1.54, 1.807) is 0 Å². The number of amides is 1. The third kappa shape index (κ3) is 4.10. The molecule has 1 aromatic heterocycles. The second-order valence-electron chi connectivity index (χ2n) is 5.70. The van der Waals surface area contributed by atoms with Crippen LogP contribution in [-0.4, -0.2) is 21.6 Å². The zero-order valence-electron chi connectivity index (χ0n) is 13.5. The SMILES string of the molecule is Cc1ccc2nc(SCC(=O)N[C@H](C)c3cccc(Cl)c3)[nH]c2c1. The lowest BCUT2D eigenvalue weighted by atomic mass is 10.1. The molecule has 3 aromatic rings. The van der Waals surface area contributed by atoms with Crippen molar-refractivity contribution in [2.75, 3.05) is 5.75 Å². The second-order valence-corrected chi connectivity index (χ2v) is 7.10. The summed E-state index contributed by atoms with van der Waals surface area (Å²) >= 11 is 7.38. The van der Waals surface area contributed by atoms with E-state index in [1.807, 2.05) is 56.3 Å². The van der Waals surface area contributed by atoms with Crippen molar-refractivity contribution in [1.29, 1.82) is 0 Å². The molecular weight excluding hydrogens is 342 g/mol. The molecule has 0 radical (unpaired) electrons. The first-order valence-corrected chi connectivity index (χ1v) is 9.01. The number of aryl methyl sites for hydroxylation is 1. The molecule has 24 heavy (non-hydrogen) atoms. The molecule has 0 saturated carbocycles. The number of imidazole rings is 1. The minimum atomic E-state index is -0.0878. The number of carbonyl (C=O) groups is 1. The first-order chi connectivity index (χ1) is 11.5. The van der Waals surface area contributed by atoms with E-state index in [9.17, 15) is 4.79 Å². The van der Waals surface area contributed by atoms with Gasteiger partial charge in [-0.1, -0.05) is 41.6 Å². The highest BCUT2D eigenvalue weighted by Gasteiger charge is 2.11. The van der Waals surface area contributed by atoms with E-state index in [2.05, 4.69) is 15.3 Å². The number of halogens is 1. The molecule has 6 heteroatoms. The lowest BCUT2D eigenvalue weighted by Crippen LogP contribution is -2.28. The molecule has 2 aromatic carbocycles. The third-order valence-corrected chi connectivity index (χ3v) is 4.79. The Hall–Kier alpha value is -1.98. The van der Waals surface area contributed by atoms with Crippen molar-refractivity contribution in [2.24, 2.45) is 0 Å². The molecule has 0 bridgehead atoms. The summed E-state index contributed by atoms with van der Waals surface area (Å²) in [6, 6.07) is 13.5. The van der Waals surface area contributed by atoms with Crippen LogP contribution in [0.1, 0.15) is 24.1 Å². The van der Waals surface area contributed by atoms with Gasteiger partial charge in [-0.3, -0.25) is 4.79 Å². The number of H-pyrrole nitrogens is 1. The van der Waals surface area contributed by atoms with E-state index in [4.69, 9.17) is 11.6 Å². The zero-order chi connectivity index (χ0) is 17.1. The monoisotopic (exact) mass is 359 g/mol. The molecule has 1 heterocycles. The fourth-order valence-electron chi connectivity index (χ4n) is 2.44. The molecule has 4 nitrogen and oxygen atoms in total. The van der Waals surface area contributed by atoms with Crippen LogP contribution in [0, 0.1) is 6.92 Å². The van der Waals surface area contributed by atoms with Crippen molar-refractivity contribution in [3.63, 3.8) is 0 Å². The standard InChI is InChI=1S/C18H18ClN3OS/c1-11-6-7-15-16(8-11)22-18(21-15)24-10-17(23)20-12(2)13-4-3-5-14(19)9-13/h3-9,12H,10H2,1-2H3,(H,20,23)(H,21,22)/t12-/m1/s1. The largest absolute Gasteiger partial charge is 0.349 e. The predicted molar refractivity (Wildman–Crippen MR) is 99.6 cm³/mol. The Labute approximate surface area is 150 Å². The van der Waals surface area contributed by atoms with Gasteiger partial charge in [-0.2, -0.15) is 0 Å². The number of aromatic nitrogens is 2. The van der Waals surface area contributed by atoms with Gasteiger partial charge in [0.25, 0.3) is 0 Å². The average Bonchev–Trinajstić information content (AvgIpc) is 2.95. The summed E-state index contributed by atoms with van der Waals surface area (Å²) in [6.45, 7) is 3.98. The Bertz CT molecular complexity index is 878. The van der Waals surface area contributed by atoms with Crippen LogP contribution in [0.5, 0.6) is 0 Å². The zero-order valence-corrected chi connectivity index (χ0v) is 15.0. The van der Waals surface area contributed by atoms with E-state index >= 15 is 0 Å². The Morgan fingerprint density at radius 1 is 1.33 bits per heavy atom. The van der Waals surface area contributed by atoms with Gasteiger partial charge in [-0.25, -0.2) is 4.98 Å². The van der Waals surface area contributed by atoms with E-state index in [0.717, 1.165) is 21.8 Å². The summed E-state index contributed by atoms with van der Waals surface area (Å²) in [7, 11) is 0. The summed E-state index contributed by atoms with van der Waals surface area (Å²) < 4.78 is 0. The van der Waals surface area contributed by atoms with Gasteiger partial charge in [0, 0.05) is 5.02 Å². The summed E-state index contributed by atoms with van der Waals surface area (Å²) in [5, 5.41) is 4.39. The third-order valence-electron chi connectivity index (χ3n) is 3.68. The number of hydrogen-bond donors (Lipinski definition) is 2. The van der Waals surface area contributed by atoms with Crippen LogP contribution in [-0.2, 0) is 4.79 Å². The highest BCUT2D eigenvalue weighted by Crippen LogP contribution is 2.21. The van der Waals surface area contributed by atoms with Gasteiger partial charge >= 0.3 is 0 Å². The number of hydrogen-bond acceptors (Lipinski definition) is 3. The summed E-state index contributed by atoms with van der Waals surface area (Å²) in [5.74, 6) is 0.271. The fourth-order valence-corrected chi connectivity index (χ4v) is 3.34. The lowest BCUT2D eigenvalue weighted by Gasteiger charge is -2.14. The number of nitrogens with one attached hydrogen (secondary N) is 2. The molecule has 3 rings (SSSR count). The van der Waals surface area contributed by atoms with E-state index in [1.165, 1.54) is 17.3 Å². The highest BCUT2D eigenvalue weighted by atomic mass is 35.5. The molecule has 1 amide bonds. The van der Waals surface area contributed by atoms with Gasteiger partial charge in [0.1, 0.15) is 0 Å². The molecule has 0 aliphatic rings. The van der Waals surface area contributed by atoms with Crippen LogP contribution in [0.4, 0.5) is 0 Å². The number of fused-ring (bicyclic) bond motifs is 1. The number of rotatable bonds is 5. The van der Waals surface area contributed by atoms with Gasteiger partial charge in [0.2, 0.25) is 5.91 Å². The average molecular weight is 360 g/mol. The maximum Gasteiger partial charge on any atom is 0.230 e. The maximum atomic E-state index is 12.1. The normalized spacial score (nSPS) is 12.3. The van der Waals surface area contributed by atoms with Crippen molar-refractivity contribution in [3.8, 4) is 0 Å². The number of thioether (sulfide) groups is 1. The van der Waals surface area contributed by atoms with Gasteiger partial charge in [0.05, 0.1) is 22.8 Å². The first-order valence-electron chi connectivity index (χ1n) is 7.65. The van der Waals surface area contributed by atoms with Crippen LogP contribution < -0.4 is 5.32 Å². The van der Waals surface area contributed by atoms with E-state index < -0.39 is 0 Å². The van der Waals surface area contributed by atoms with Crippen molar-refractivity contribution < 1.29 is 4.79 Å². The first kappa shape index (κ1) is 16.9. The van der Waals surface area contributed by atoms with Gasteiger partial charge in [-0.05, 0) is 49.2 Å². The molecule has 1 atom stereocenters.